The van der Waals surface area contributed by atoms with Crippen LogP contribution >= 0.6 is 0 Å². The number of rotatable bonds is 3. The van der Waals surface area contributed by atoms with Crippen LogP contribution in [-0.2, 0) is 4.12 Å². The summed E-state index contributed by atoms with van der Waals surface area (Å²) in [5, 5.41) is 1.10. The Bertz CT molecular complexity index is 431. The molecule has 0 saturated heterocycles. The summed E-state index contributed by atoms with van der Waals surface area (Å²) in [5.41, 5.74) is 0.918. The van der Waals surface area contributed by atoms with Crippen molar-refractivity contribution in [2.75, 3.05) is 0 Å². The summed E-state index contributed by atoms with van der Waals surface area (Å²) in [5.74, 6) is 0.839. The normalized spacial score (nSPS) is 11.4. The molecule has 5 heteroatoms. The Hall–Kier alpha value is -1.18. The second kappa shape index (κ2) is 4.36. The van der Waals surface area contributed by atoms with Gasteiger partial charge >= 0.3 is 10.0 Å². The monoisotopic (exact) mass is 221 g/mol. The Balaban J connectivity index is 2.43. The van der Waals surface area contributed by atoms with Gasteiger partial charge in [0.15, 0.2) is 0 Å². The molecule has 0 radical (unpaired) electrons. The van der Waals surface area contributed by atoms with E-state index in [1.807, 2.05) is 30.3 Å². The van der Waals surface area contributed by atoms with Crippen LogP contribution in [-0.4, -0.2) is 25.5 Å². The molecule has 0 saturated carbocycles. The topological polar surface area (TPSA) is 31.4 Å². The molecule has 0 N–H and O–H groups in total. The lowest BCUT2D eigenvalue weighted by Gasteiger charge is -2.07. The fourth-order valence-corrected chi connectivity index (χ4v) is 2.15. The number of pyridine rings is 1. The first kappa shape index (κ1) is 9.38. The van der Waals surface area contributed by atoms with Gasteiger partial charge in [0, 0.05) is 11.6 Å². The average Bonchev–Trinajstić information content (AvgIpc) is 2.26. The molecular formula is C9H11NO2Si2. The van der Waals surface area contributed by atoms with Gasteiger partial charge in [0.25, 0.3) is 0 Å². The number of fused-ring (bicyclic) bond motifs is 1. The summed E-state index contributed by atoms with van der Waals surface area (Å²) in [6.45, 7) is 0. The van der Waals surface area contributed by atoms with Gasteiger partial charge in [0.05, 0.1) is 0 Å². The van der Waals surface area contributed by atoms with Crippen molar-refractivity contribution < 1.29 is 8.54 Å². The van der Waals surface area contributed by atoms with E-state index in [0.29, 0.717) is 0 Å². The molecule has 0 amide bonds. The van der Waals surface area contributed by atoms with Crippen LogP contribution in [0, 0.1) is 0 Å². The Morgan fingerprint density at radius 1 is 1.21 bits per heavy atom. The lowest BCUT2D eigenvalue weighted by molar-refractivity contribution is 0.485. The van der Waals surface area contributed by atoms with Crippen LogP contribution in [0.4, 0.5) is 0 Å². The Morgan fingerprint density at radius 3 is 2.93 bits per heavy atom. The minimum absolute atomic E-state index is 0.747. The van der Waals surface area contributed by atoms with Gasteiger partial charge in [-0.1, -0.05) is 18.2 Å². The van der Waals surface area contributed by atoms with Crippen LogP contribution in [0.5, 0.6) is 5.75 Å². The van der Waals surface area contributed by atoms with E-state index in [4.69, 9.17) is 8.54 Å². The molecule has 3 nitrogen and oxygen atoms in total. The molecule has 0 bridgehead atoms. The molecule has 72 valence electrons. The van der Waals surface area contributed by atoms with Crippen LogP contribution in [0.3, 0.4) is 0 Å². The standard InChI is InChI=1S/C9H11NO2Si2/c13-12-14-11-8-5-1-3-7-4-2-6-10-9(7)8/h1-6H,14H2,13H3. The van der Waals surface area contributed by atoms with Gasteiger partial charge in [0.1, 0.15) is 21.8 Å². The van der Waals surface area contributed by atoms with Crippen LogP contribution in [0.15, 0.2) is 36.5 Å². The largest absolute Gasteiger partial charge is 0.524 e. The third-order valence-corrected chi connectivity index (χ3v) is 3.30. The minimum atomic E-state index is -0.843. The Kier molecular flexibility index (Phi) is 2.92. The highest BCUT2D eigenvalue weighted by atomic mass is 28.3. The molecule has 0 aliphatic heterocycles. The van der Waals surface area contributed by atoms with E-state index >= 15 is 0 Å². The first-order valence-corrected chi connectivity index (χ1v) is 6.34. The molecule has 1 aromatic heterocycles. The van der Waals surface area contributed by atoms with Crippen LogP contribution < -0.4 is 4.43 Å². The Morgan fingerprint density at radius 2 is 2.07 bits per heavy atom. The van der Waals surface area contributed by atoms with Crippen molar-refractivity contribution >= 4 is 31.4 Å². The highest BCUT2D eigenvalue weighted by Gasteiger charge is 2.01. The van der Waals surface area contributed by atoms with Crippen LogP contribution in [0.2, 0.25) is 0 Å². The molecule has 0 fully saturated rings. The molecule has 1 heterocycles. The van der Waals surface area contributed by atoms with Gasteiger partial charge in [-0.2, -0.15) is 0 Å². The average molecular weight is 221 g/mol. The van der Waals surface area contributed by atoms with Crippen molar-refractivity contribution in [1.29, 1.82) is 0 Å². The lowest BCUT2D eigenvalue weighted by Crippen LogP contribution is -2.05. The summed E-state index contributed by atoms with van der Waals surface area (Å²) in [6.07, 6.45) is 1.78. The molecule has 0 aliphatic rings. The highest BCUT2D eigenvalue weighted by Crippen LogP contribution is 2.22. The summed E-state index contributed by atoms with van der Waals surface area (Å²) in [7, 11) is -0.0965. The van der Waals surface area contributed by atoms with Gasteiger partial charge in [-0.15, -0.1) is 0 Å². The fraction of sp³-hybridized carbons (Fsp3) is 0. The number of hydrogen-bond acceptors (Lipinski definition) is 3. The summed E-state index contributed by atoms with van der Waals surface area (Å²) in [6, 6.07) is 9.88. The molecule has 14 heavy (non-hydrogen) atoms. The highest BCUT2D eigenvalue weighted by molar-refractivity contribution is 6.28. The maximum absolute atomic E-state index is 5.56. The molecule has 0 atom stereocenters. The zero-order valence-corrected chi connectivity index (χ0v) is 11.3. The molecular weight excluding hydrogens is 210 g/mol. The second-order valence-electron chi connectivity index (χ2n) is 2.88. The number of para-hydroxylation sites is 1. The van der Waals surface area contributed by atoms with E-state index in [1.54, 1.807) is 6.20 Å². The zero-order valence-electron chi connectivity index (χ0n) is 7.93. The maximum Gasteiger partial charge on any atom is 0.355 e. The number of benzene rings is 1. The SMILES string of the molecule is [SiH3]O[SiH2]Oc1cccc2cccnc12. The molecule has 0 aliphatic carbocycles. The van der Waals surface area contributed by atoms with Crippen molar-refractivity contribution in [2.24, 2.45) is 0 Å². The predicted octanol–water partition coefficient (Wildman–Crippen LogP) is -0.0906. The fourth-order valence-electron chi connectivity index (χ4n) is 1.32. The van der Waals surface area contributed by atoms with Gasteiger partial charge in [-0.05, 0) is 12.1 Å². The van der Waals surface area contributed by atoms with E-state index in [2.05, 4.69) is 4.98 Å². The van der Waals surface area contributed by atoms with Gasteiger partial charge in [0.2, 0.25) is 0 Å². The summed E-state index contributed by atoms with van der Waals surface area (Å²) in [4.78, 5) is 4.29. The quantitative estimate of drug-likeness (QED) is 0.679. The maximum atomic E-state index is 5.56. The third kappa shape index (κ3) is 1.84. The van der Waals surface area contributed by atoms with E-state index in [9.17, 15) is 0 Å². The first-order chi connectivity index (χ1) is 6.92. The zero-order chi connectivity index (χ0) is 9.80. The smallest absolute Gasteiger partial charge is 0.355 e. The van der Waals surface area contributed by atoms with E-state index in [1.165, 1.54) is 0 Å². The predicted molar refractivity (Wildman–Crippen MR) is 61.9 cm³/mol. The van der Waals surface area contributed by atoms with Crippen molar-refractivity contribution in [3.63, 3.8) is 0 Å². The van der Waals surface area contributed by atoms with Crippen molar-refractivity contribution in [1.82, 2.24) is 4.98 Å². The third-order valence-electron chi connectivity index (χ3n) is 1.93. The van der Waals surface area contributed by atoms with Crippen molar-refractivity contribution in [3.8, 4) is 5.75 Å². The molecule has 2 aromatic rings. The summed E-state index contributed by atoms with van der Waals surface area (Å²) < 4.78 is 10.7. The molecule has 2 rings (SSSR count). The molecule has 0 unspecified atom stereocenters. The Labute approximate surface area is 87.7 Å². The number of hydrogen-bond donors (Lipinski definition) is 0. The lowest BCUT2D eigenvalue weighted by atomic mass is 10.2. The molecule has 0 spiro atoms. The molecule has 1 aromatic carbocycles. The van der Waals surface area contributed by atoms with Crippen LogP contribution in [0.25, 0.3) is 10.9 Å². The van der Waals surface area contributed by atoms with Crippen LogP contribution in [0.1, 0.15) is 0 Å². The van der Waals surface area contributed by atoms with Gasteiger partial charge in [-0.3, -0.25) is 4.98 Å². The van der Waals surface area contributed by atoms with Gasteiger partial charge in [-0.25, -0.2) is 0 Å². The van der Waals surface area contributed by atoms with Gasteiger partial charge < -0.3 is 8.54 Å². The van der Waals surface area contributed by atoms with E-state index in [0.717, 1.165) is 27.1 Å². The minimum Gasteiger partial charge on any atom is -0.524 e. The summed E-state index contributed by atoms with van der Waals surface area (Å²) >= 11 is 0. The van der Waals surface area contributed by atoms with E-state index < -0.39 is 10.0 Å². The number of nitrogens with zero attached hydrogens (tertiary/aromatic N) is 1. The number of aromatic nitrogens is 1. The second-order valence-corrected chi connectivity index (χ2v) is 5.72. The van der Waals surface area contributed by atoms with E-state index in [-0.39, 0.29) is 0 Å². The van der Waals surface area contributed by atoms with Crippen molar-refractivity contribution in [3.05, 3.63) is 36.5 Å². The van der Waals surface area contributed by atoms with Crippen molar-refractivity contribution in [2.45, 2.75) is 0 Å². The first-order valence-electron chi connectivity index (χ1n) is 4.37.